The molecule has 1 aromatic rings. The van der Waals surface area contributed by atoms with Crippen molar-refractivity contribution in [3.8, 4) is 5.75 Å². The number of unbranched alkanes of at least 4 members (excludes halogenated alkanes) is 1. The minimum Gasteiger partial charge on any atom is -0.493 e. The lowest BCUT2D eigenvalue weighted by Crippen LogP contribution is -2.47. The van der Waals surface area contributed by atoms with E-state index in [1.54, 1.807) is 18.2 Å². The zero-order chi connectivity index (χ0) is 20.4. The third-order valence-corrected chi connectivity index (χ3v) is 5.06. The highest BCUT2D eigenvalue weighted by molar-refractivity contribution is 5.99. The molecule has 0 aliphatic heterocycles. The van der Waals surface area contributed by atoms with E-state index in [0.717, 1.165) is 51.4 Å². The molecule has 0 saturated heterocycles. The number of nitrogens with one attached hydrogen (secondary N) is 1. The molecule has 156 valence electrons. The van der Waals surface area contributed by atoms with E-state index in [1.807, 2.05) is 6.92 Å². The Morgan fingerprint density at radius 3 is 2.46 bits per heavy atom. The molecule has 0 spiro atoms. The summed E-state index contributed by atoms with van der Waals surface area (Å²) in [6.07, 6.45) is 7.30. The number of esters is 1. The number of ether oxygens (including phenoxy) is 3. The molecule has 1 aromatic carbocycles. The minimum atomic E-state index is -0.782. The molecule has 0 aromatic heterocycles. The van der Waals surface area contributed by atoms with Crippen LogP contribution in [0.25, 0.3) is 0 Å². The van der Waals surface area contributed by atoms with Gasteiger partial charge in [0.1, 0.15) is 16.9 Å². The molecule has 2 rings (SSSR count). The summed E-state index contributed by atoms with van der Waals surface area (Å²) in [5.74, 6) is -0.166. The van der Waals surface area contributed by atoms with Crippen LogP contribution in [0.1, 0.15) is 75.6 Å². The summed E-state index contributed by atoms with van der Waals surface area (Å²) in [5, 5.41) is 2.95. The van der Waals surface area contributed by atoms with Crippen LogP contribution in [-0.4, -0.2) is 37.8 Å². The van der Waals surface area contributed by atoms with Gasteiger partial charge in [-0.3, -0.25) is 4.79 Å². The number of carbonyl (C=O) groups is 2. The number of benzene rings is 1. The first kappa shape index (κ1) is 22.2. The highest BCUT2D eigenvalue weighted by atomic mass is 16.5. The summed E-state index contributed by atoms with van der Waals surface area (Å²) in [6.45, 7) is 5.20. The molecule has 1 fully saturated rings. The first-order valence-corrected chi connectivity index (χ1v) is 10.4. The van der Waals surface area contributed by atoms with Crippen molar-refractivity contribution in [2.75, 3.05) is 25.6 Å². The van der Waals surface area contributed by atoms with E-state index in [9.17, 15) is 9.59 Å². The van der Waals surface area contributed by atoms with Gasteiger partial charge in [-0.1, -0.05) is 39.5 Å². The average molecular weight is 392 g/mol. The summed E-state index contributed by atoms with van der Waals surface area (Å²) in [4.78, 5) is 25.2. The predicted octanol–water partition coefficient (Wildman–Crippen LogP) is 4.72. The molecule has 1 aliphatic carbocycles. The zero-order valence-electron chi connectivity index (χ0n) is 17.3. The fourth-order valence-electron chi connectivity index (χ4n) is 3.43. The maximum Gasteiger partial charge on any atom is 0.341 e. The van der Waals surface area contributed by atoms with Crippen LogP contribution in [0.15, 0.2) is 18.2 Å². The molecule has 0 unspecified atom stereocenters. The van der Waals surface area contributed by atoms with Crippen molar-refractivity contribution < 1.29 is 23.8 Å². The van der Waals surface area contributed by atoms with Crippen molar-refractivity contribution in [2.45, 2.75) is 70.8 Å². The van der Waals surface area contributed by atoms with Crippen molar-refractivity contribution in [2.24, 2.45) is 0 Å². The van der Waals surface area contributed by atoms with Crippen LogP contribution >= 0.6 is 0 Å². The van der Waals surface area contributed by atoms with Crippen LogP contribution in [0, 0.1) is 0 Å². The number of carbonyl (C=O) groups excluding carboxylic acids is 2. The Morgan fingerprint density at radius 2 is 1.82 bits per heavy atom. The van der Waals surface area contributed by atoms with E-state index in [0.29, 0.717) is 30.2 Å². The van der Waals surface area contributed by atoms with Gasteiger partial charge in [-0.15, -0.1) is 0 Å². The largest absolute Gasteiger partial charge is 0.493 e. The van der Waals surface area contributed by atoms with Crippen LogP contribution in [0.5, 0.6) is 5.75 Å². The lowest BCUT2D eigenvalue weighted by atomic mass is 9.83. The maximum absolute atomic E-state index is 13.1. The topological polar surface area (TPSA) is 73.9 Å². The molecule has 1 saturated carbocycles. The van der Waals surface area contributed by atoms with Gasteiger partial charge in [0.05, 0.1) is 13.7 Å². The van der Waals surface area contributed by atoms with E-state index < -0.39 is 11.6 Å². The Hall–Kier alpha value is -2.08. The van der Waals surface area contributed by atoms with Gasteiger partial charge in [0.15, 0.2) is 0 Å². The van der Waals surface area contributed by atoms with Crippen LogP contribution < -0.4 is 10.1 Å². The quantitative estimate of drug-likeness (QED) is 0.461. The SMILES string of the molecule is CCCCOc1ccc(NC(=O)C2(OCCC)CCCCC2)cc1C(=O)OC. The number of rotatable bonds is 10. The molecular formula is C22H33NO5. The fourth-order valence-corrected chi connectivity index (χ4v) is 3.43. The van der Waals surface area contributed by atoms with E-state index in [2.05, 4.69) is 12.2 Å². The smallest absolute Gasteiger partial charge is 0.341 e. The molecule has 0 radical (unpaired) electrons. The van der Waals surface area contributed by atoms with Gasteiger partial charge < -0.3 is 19.5 Å². The van der Waals surface area contributed by atoms with Crippen molar-refractivity contribution in [1.29, 1.82) is 0 Å². The summed E-state index contributed by atoms with van der Waals surface area (Å²) < 4.78 is 16.6. The highest BCUT2D eigenvalue weighted by Crippen LogP contribution is 2.34. The van der Waals surface area contributed by atoms with Crippen LogP contribution in [0.2, 0.25) is 0 Å². The molecule has 0 bridgehead atoms. The van der Waals surface area contributed by atoms with Crippen LogP contribution in [0.3, 0.4) is 0 Å². The van der Waals surface area contributed by atoms with Gasteiger partial charge in [0.2, 0.25) is 0 Å². The van der Waals surface area contributed by atoms with E-state index in [1.165, 1.54) is 7.11 Å². The lowest BCUT2D eigenvalue weighted by molar-refractivity contribution is -0.146. The molecule has 1 amide bonds. The molecule has 6 nitrogen and oxygen atoms in total. The number of amides is 1. The summed E-state index contributed by atoms with van der Waals surface area (Å²) in [7, 11) is 1.33. The first-order chi connectivity index (χ1) is 13.6. The second kappa shape index (κ2) is 11.1. The molecular weight excluding hydrogens is 358 g/mol. The normalized spacial score (nSPS) is 15.7. The van der Waals surface area contributed by atoms with Crippen LogP contribution in [-0.2, 0) is 14.3 Å². The molecule has 6 heteroatoms. The second-order valence-electron chi connectivity index (χ2n) is 7.26. The Morgan fingerprint density at radius 1 is 1.07 bits per heavy atom. The molecule has 0 heterocycles. The van der Waals surface area contributed by atoms with Crippen molar-refractivity contribution >= 4 is 17.6 Å². The number of hydrogen-bond acceptors (Lipinski definition) is 5. The van der Waals surface area contributed by atoms with E-state index >= 15 is 0 Å². The Balaban J connectivity index is 2.18. The Bertz CT molecular complexity index is 652. The van der Waals surface area contributed by atoms with E-state index in [-0.39, 0.29) is 5.91 Å². The van der Waals surface area contributed by atoms with Crippen molar-refractivity contribution in [3.05, 3.63) is 23.8 Å². The van der Waals surface area contributed by atoms with Crippen LogP contribution in [0.4, 0.5) is 5.69 Å². The highest BCUT2D eigenvalue weighted by Gasteiger charge is 2.40. The Kier molecular flexibility index (Phi) is 8.77. The monoisotopic (exact) mass is 391 g/mol. The predicted molar refractivity (Wildman–Crippen MR) is 109 cm³/mol. The van der Waals surface area contributed by atoms with E-state index in [4.69, 9.17) is 14.2 Å². The molecule has 28 heavy (non-hydrogen) atoms. The first-order valence-electron chi connectivity index (χ1n) is 10.4. The standard InChI is InChI=1S/C22H33NO5/c1-4-6-15-27-19-11-10-17(16-18(19)20(24)26-3)23-21(25)22(28-14-5-2)12-8-7-9-13-22/h10-11,16H,4-9,12-15H2,1-3H3,(H,23,25). The number of hydrogen-bond donors (Lipinski definition) is 1. The van der Waals surface area contributed by atoms with Gasteiger partial charge in [0.25, 0.3) is 5.91 Å². The molecule has 0 atom stereocenters. The third-order valence-electron chi connectivity index (χ3n) is 5.06. The zero-order valence-corrected chi connectivity index (χ0v) is 17.3. The Labute approximate surface area is 167 Å². The van der Waals surface area contributed by atoms with Gasteiger partial charge in [-0.25, -0.2) is 4.79 Å². The number of methoxy groups -OCH3 is 1. The third kappa shape index (κ3) is 5.71. The van der Waals surface area contributed by atoms with Crippen molar-refractivity contribution in [3.63, 3.8) is 0 Å². The summed E-state index contributed by atoms with van der Waals surface area (Å²) >= 11 is 0. The summed E-state index contributed by atoms with van der Waals surface area (Å²) in [5.41, 5.74) is 0.0672. The van der Waals surface area contributed by atoms with Gasteiger partial charge in [-0.05, 0) is 43.9 Å². The second-order valence-corrected chi connectivity index (χ2v) is 7.26. The summed E-state index contributed by atoms with van der Waals surface area (Å²) in [6, 6.07) is 5.07. The average Bonchev–Trinajstić information content (AvgIpc) is 2.73. The molecule has 1 aliphatic rings. The fraction of sp³-hybridized carbons (Fsp3) is 0.636. The van der Waals surface area contributed by atoms with Crippen molar-refractivity contribution in [1.82, 2.24) is 0 Å². The van der Waals surface area contributed by atoms with Gasteiger partial charge >= 0.3 is 5.97 Å². The molecule has 1 N–H and O–H groups in total. The van der Waals surface area contributed by atoms with Gasteiger partial charge in [-0.2, -0.15) is 0 Å². The number of anilines is 1. The maximum atomic E-state index is 13.1. The lowest BCUT2D eigenvalue weighted by Gasteiger charge is -2.35. The van der Waals surface area contributed by atoms with Gasteiger partial charge in [0, 0.05) is 12.3 Å². The minimum absolute atomic E-state index is 0.142.